The number of rotatable bonds is 7. The third-order valence-corrected chi connectivity index (χ3v) is 4.35. The number of ether oxygens (including phenoxy) is 1. The lowest BCUT2D eigenvalue weighted by atomic mass is 9.92. The Morgan fingerprint density at radius 1 is 1.29 bits per heavy atom. The van der Waals surface area contributed by atoms with Crippen molar-refractivity contribution in [3.63, 3.8) is 0 Å². The van der Waals surface area contributed by atoms with Crippen LogP contribution in [0.3, 0.4) is 0 Å². The topological polar surface area (TPSA) is 58.7 Å². The zero-order chi connectivity index (χ0) is 15.1. The van der Waals surface area contributed by atoms with Gasteiger partial charge in [0.25, 0.3) is 0 Å². The molecule has 0 aromatic heterocycles. The van der Waals surface area contributed by atoms with Gasteiger partial charge in [0.05, 0.1) is 6.10 Å². The lowest BCUT2D eigenvalue weighted by Gasteiger charge is -2.33. The van der Waals surface area contributed by atoms with E-state index in [0.717, 1.165) is 51.3 Å². The van der Waals surface area contributed by atoms with Crippen LogP contribution >= 0.6 is 0 Å². The molecule has 21 heavy (non-hydrogen) atoms. The summed E-state index contributed by atoms with van der Waals surface area (Å²) in [5.41, 5.74) is 6.79. The van der Waals surface area contributed by atoms with Crippen LogP contribution in [-0.2, 0) is 6.42 Å². The van der Waals surface area contributed by atoms with Crippen LogP contribution in [0.25, 0.3) is 0 Å². The van der Waals surface area contributed by atoms with Crippen molar-refractivity contribution in [1.82, 2.24) is 4.90 Å². The van der Waals surface area contributed by atoms with Crippen molar-refractivity contribution in [2.45, 2.75) is 32.3 Å². The number of nitrogens with zero attached hydrogens (tertiary/aromatic N) is 1. The second kappa shape index (κ2) is 8.37. The number of likely N-dealkylation sites (tertiary alicyclic amines) is 1. The molecule has 4 nitrogen and oxygen atoms in total. The first kappa shape index (κ1) is 16.3. The molecule has 0 radical (unpaired) electrons. The van der Waals surface area contributed by atoms with E-state index >= 15 is 0 Å². The first-order valence-corrected chi connectivity index (χ1v) is 8.01. The minimum Gasteiger partial charge on any atom is -0.492 e. The van der Waals surface area contributed by atoms with Crippen molar-refractivity contribution in [2.75, 3.05) is 32.8 Å². The summed E-state index contributed by atoms with van der Waals surface area (Å²) in [4.78, 5) is 2.42. The normalized spacial score (nSPS) is 18.6. The second-order valence-corrected chi connectivity index (χ2v) is 5.95. The molecule has 0 bridgehead atoms. The van der Waals surface area contributed by atoms with Crippen molar-refractivity contribution in [2.24, 2.45) is 11.7 Å². The van der Waals surface area contributed by atoms with E-state index in [1.54, 1.807) is 0 Å². The van der Waals surface area contributed by atoms with E-state index in [1.165, 1.54) is 5.56 Å². The van der Waals surface area contributed by atoms with Gasteiger partial charge in [0.1, 0.15) is 12.4 Å². The molecular weight excluding hydrogens is 264 g/mol. The molecule has 3 N–H and O–H groups in total. The predicted molar refractivity (Wildman–Crippen MR) is 85.5 cm³/mol. The molecule has 0 amide bonds. The summed E-state index contributed by atoms with van der Waals surface area (Å²) in [6.45, 7) is 6.38. The zero-order valence-electron chi connectivity index (χ0n) is 13.0. The Labute approximate surface area is 127 Å². The molecule has 1 atom stereocenters. The van der Waals surface area contributed by atoms with Crippen LogP contribution in [0, 0.1) is 5.92 Å². The highest BCUT2D eigenvalue weighted by molar-refractivity contribution is 5.27. The van der Waals surface area contributed by atoms with Crippen LogP contribution in [0.1, 0.15) is 25.3 Å². The average molecular weight is 292 g/mol. The molecule has 4 heteroatoms. The van der Waals surface area contributed by atoms with Gasteiger partial charge in [-0.1, -0.05) is 12.1 Å². The molecule has 1 aliphatic heterocycles. The fourth-order valence-electron chi connectivity index (χ4n) is 2.87. The molecule has 1 aromatic carbocycles. The van der Waals surface area contributed by atoms with Gasteiger partial charge in [-0.05, 0) is 69.4 Å². The van der Waals surface area contributed by atoms with Crippen molar-refractivity contribution in [3.05, 3.63) is 29.8 Å². The summed E-state index contributed by atoms with van der Waals surface area (Å²) < 4.78 is 5.79. The van der Waals surface area contributed by atoms with E-state index in [1.807, 2.05) is 19.1 Å². The van der Waals surface area contributed by atoms with Crippen LogP contribution in [0.4, 0.5) is 0 Å². The van der Waals surface area contributed by atoms with Crippen LogP contribution < -0.4 is 10.5 Å². The minimum absolute atomic E-state index is 0.171. The molecule has 1 saturated heterocycles. The van der Waals surface area contributed by atoms with Gasteiger partial charge >= 0.3 is 0 Å². The number of aliphatic hydroxyl groups is 1. The van der Waals surface area contributed by atoms with E-state index in [2.05, 4.69) is 17.0 Å². The number of hydrogen-bond donors (Lipinski definition) is 2. The molecule has 0 aliphatic carbocycles. The molecule has 0 saturated carbocycles. The summed E-state index contributed by atoms with van der Waals surface area (Å²) in [6.07, 6.45) is 2.92. The number of aliphatic hydroxyl groups excluding tert-OH is 1. The van der Waals surface area contributed by atoms with E-state index < -0.39 is 0 Å². The van der Waals surface area contributed by atoms with E-state index in [0.29, 0.717) is 12.5 Å². The lowest BCUT2D eigenvalue weighted by molar-refractivity contribution is 0.0672. The summed E-state index contributed by atoms with van der Waals surface area (Å²) >= 11 is 0. The number of hydrogen-bond acceptors (Lipinski definition) is 4. The smallest absolute Gasteiger partial charge is 0.119 e. The molecule has 1 aliphatic rings. The van der Waals surface area contributed by atoms with Gasteiger partial charge < -0.3 is 15.6 Å². The quantitative estimate of drug-likeness (QED) is 0.802. The standard InChI is InChI=1S/C17H28N2O2/c1-14(20)16-7-10-19(11-8-16)12-13-21-17-4-2-15(3-5-17)6-9-18/h2-5,14,16,20H,6-13,18H2,1H3. The monoisotopic (exact) mass is 292 g/mol. The maximum atomic E-state index is 9.60. The third-order valence-electron chi connectivity index (χ3n) is 4.35. The number of benzene rings is 1. The van der Waals surface area contributed by atoms with E-state index in [-0.39, 0.29) is 6.10 Å². The molecular formula is C17H28N2O2. The van der Waals surface area contributed by atoms with Gasteiger partial charge in [0.2, 0.25) is 0 Å². The van der Waals surface area contributed by atoms with Crippen molar-refractivity contribution in [1.29, 1.82) is 0 Å². The maximum absolute atomic E-state index is 9.60. The van der Waals surface area contributed by atoms with Crippen LogP contribution in [0.15, 0.2) is 24.3 Å². The van der Waals surface area contributed by atoms with Gasteiger partial charge in [-0.3, -0.25) is 4.90 Å². The summed E-state index contributed by atoms with van der Waals surface area (Å²) in [5, 5.41) is 9.60. The first-order valence-electron chi connectivity index (χ1n) is 8.01. The molecule has 2 rings (SSSR count). The first-order chi connectivity index (χ1) is 10.2. The SMILES string of the molecule is CC(O)C1CCN(CCOc2ccc(CCN)cc2)CC1. The Hall–Kier alpha value is -1.10. The Morgan fingerprint density at radius 2 is 1.95 bits per heavy atom. The zero-order valence-corrected chi connectivity index (χ0v) is 13.0. The van der Waals surface area contributed by atoms with Gasteiger partial charge in [0, 0.05) is 6.54 Å². The van der Waals surface area contributed by atoms with Gasteiger partial charge in [0.15, 0.2) is 0 Å². The Balaban J connectivity index is 1.65. The summed E-state index contributed by atoms with van der Waals surface area (Å²) in [6, 6.07) is 8.20. The van der Waals surface area contributed by atoms with Crippen LogP contribution in [-0.4, -0.2) is 48.9 Å². The van der Waals surface area contributed by atoms with Crippen molar-refractivity contribution >= 4 is 0 Å². The third kappa shape index (κ3) is 5.30. The van der Waals surface area contributed by atoms with Crippen molar-refractivity contribution in [3.8, 4) is 5.75 Å². The Bertz CT molecular complexity index is 398. The molecule has 0 spiro atoms. The molecule has 1 unspecified atom stereocenters. The largest absolute Gasteiger partial charge is 0.492 e. The van der Waals surface area contributed by atoms with E-state index in [4.69, 9.17) is 10.5 Å². The van der Waals surface area contributed by atoms with Crippen LogP contribution in [0.2, 0.25) is 0 Å². The fourth-order valence-corrected chi connectivity index (χ4v) is 2.87. The predicted octanol–water partition coefficient (Wildman–Crippen LogP) is 1.66. The average Bonchev–Trinajstić information content (AvgIpc) is 2.50. The van der Waals surface area contributed by atoms with Gasteiger partial charge in [-0.2, -0.15) is 0 Å². The molecule has 118 valence electrons. The minimum atomic E-state index is -0.171. The number of nitrogens with two attached hydrogens (primary N) is 1. The summed E-state index contributed by atoms with van der Waals surface area (Å²) in [7, 11) is 0. The highest BCUT2D eigenvalue weighted by Crippen LogP contribution is 2.20. The number of piperidine rings is 1. The highest BCUT2D eigenvalue weighted by atomic mass is 16.5. The van der Waals surface area contributed by atoms with Gasteiger partial charge in [-0.25, -0.2) is 0 Å². The Morgan fingerprint density at radius 3 is 2.52 bits per heavy atom. The fraction of sp³-hybridized carbons (Fsp3) is 0.647. The summed E-state index contributed by atoms with van der Waals surface area (Å²) in [5.74, 6) is 1.40. The lowest BCUT2D eigenvalue weighted by Crippen LogP contribution is -2.39. The van der Waals surface area contributed by atoms with E-state index in [9.17, 15) is 5.11 Å². The molecule has 1 aromatic rings. The van der Waals surface area contributed by atoms with Gasteiger partial charge in [-0.15, -0.1) is 0 Å². The molecule has 1 heterocycles. The second-order valence-electron chi connectivity index (χ2n) is 5.95. The maximum Gasteiger partial charge on any atom is 0.119 e. The van der Waals surface area contributed by atoms with Crippen LogP contribution in [0.5, 0.6) is 5.75 Å². The van der Waals surface area contributed by atoms with Crippen molar-refractivity contribution < 1.29 is 9.84 Å². The Kier molecular flexibility index (Phi) is 6.49. The molecule has 1 fully saturated rings. The highest BCUT2D eigenvalue weighted by Gasteiger charge is 2.22.